The minimum absolute atomic E-state index is 0.0182. The summed E-state index contributed by atoms with van der Waals surface area (Å²) in [5.41, 5.74) is -0.499. The fourth-order valence-electron chi connectivity index (χ4n) is 5.50. The molecular weight excluding hydrogens is 945 g/mol. The number of nitrogens with one attached hydrogen (secondary N) is 4. The van der Waals surface area contributed by atoms with Crippen LogP contribution < -0.4 is 21.3 Å². The molecule has 0 saturated carbocycles. The molecule has 394 valence electrons. The molecule has 0 aromatic rings. The number of amides is 4. The average Bonchev–Trinajstić information content (AvgIpc) is 3.29. The molecule has 0 bridgehead atoms. The van der Waals surface area contributed by atoms with E-state index in [4.69, 9.17) is 56.8 Å². The van der Waals surface area contributed by atoms with Crippen LogP contribution in [0.25, 0.3) is 0 Å². The Bertz CT molecular complexity index is 1460. The predicted molar refractivity (Wildman–Crippen MR) is 245 cm³/mol. The van der Waals surface area contributed by atoms with Crippen LogP contribution in [0.3, 0.4) is 0 Å². The van der Waals surface area contributed by atoms with Crippen molar-refractivity contribution in [1.82, 2.24) is 21.3 Å². The average molecular weight is 1020 g/mol. The quantitative estimate of drug-likeness (QED) is 0.0417. The zero-order chi connectivity index (χ0) is 50.1. The molecule has 0 aliphatic carbocycles. The Labute approximate surface area is 407 Å². The van der Waals surface area contributed by atoms with E-state index in [0.29, 0.717) is 71.7 Å². The number of carbonyl (C=O) groups excluding carboxylic acids is 6. The van der Waals surface area contributed by atoms with Crippen LogP contribution in [0.4, 0.5) is 19.2 Å². The minimum atomic E-state index is -1.63. The summed E-state index contributed by atoms with van der Waals surface area (Å²) in [6.45, 7) is 12.5. The number of methoxy groups -OCH3 is 2. The summed E-state index contributed by atoms with van der Waals surface area (Å²) in [6.07, 6.45) is -3.56. The fourth-order valence-corrected chi connectivity index (χ4v) is 7.05. The second-order valence-corrected chi connectivity index (χ2v) is 18.5. The Morgan fingerprint density at radius 3 is 1.38 bits per heavy atom. The maximum atomic E-state index is 12.7. The molecule has 1 atom stereocenters. The second-order valence-electron chi connectivity index (χ2n) is 16.0. The number of alkyl carbamates (subject to hydrolysis) is 4. The minimum Gasteiger partial charge on any atom is -0.465 e. The first-order chi connectivity index (χ1) is 32.5. The summed E-state index contributed by atoms with van der Waals surface area (Å²) in [5.74, 6) is -1.54. The van der Waals surface area contributed by atoms with Crippen molar-refractivity contribution in [2.45, 2.75) is 89.4 Å². The Morgan fingerprint density at radius 2 is 0.956 bits per heavy atom. The van der Waals surface area contributed by atoms with E-state index in [1.807, 2.05) is 20.8 Å². The predicted octanol–water partition coefficient (Wildman–Crippen LogP) is 2.37. The molecule has 4 N–H and O–H groups in total. The van der Waals surface area contributed by atoms with Crippen molar-refractivity contribution in [3.05, 3.63) is 0 Å². The van der Waals surface area contributed by atoms with Gasteiger partial charge in [-0.3, -0.25) is 0 Å². The van der Waals surface area contributed by atoms with Gasteiger partial charge in [0.2, 0.25) is 0 Å². The fraction of sp³-hybridized carbons (Fsp3) is 0.857. The molecule has 1 unspecified atom stereocenters. The number of carbonyl (C=O) groups is 6. The molecule has 0 aromatic carbocycles. The van der Waals surface area contributed by atoms with E-state index in [2.05, 4.69) is 30.7 Å². The molecule has 24 nitrogen and oxygen atoms in total. The number of rotatable bonds is 33. The van der Waals surface area contributed by atoms with Gasteiger partial charge in [-0.05, 0) is 45.1 Å². The maximum absolute atomic E-state index is 12.7. The topological polar surface area (TPSA) is 280 Å². The van der Waals surface area contributed by atoms with Crippen molar-refractivity contribution in [2.75, 3.05) is 143 Å². The molecule has 2 aliphatic heterocycles. The van der Waals surface area contributed by atoms with Gasteiger partial charge in [0.1, 0.15) is 11.7 Å². The van der Waals surface area contributed by atoms with Crippen LogP contribution in [-0.2, 0) is 75.9 Å². The van der Waals surface area contributed by atoms with E-state index in [1.54, 1.807) is 23.5 Å². The Kier molecular flexibility index (Phi) is 30.8. The smallest absolute Gasteiger partial charge is 0.407 e. The summed E-state index contributed by atoms with van der Waals surface area (Å²) >= 11 is 3.37. The Hall–Kier alpha value is -3.60. The van der Waals surface area contributed by atoms with E-state index in [1.165, 1.54) is 28.1 Å². The van der Waals surface area contributed by atoms with Gasteiger partial charge in [-0.25, -0.2) is 28.8 Å². The van der Waals surface area contributed by atoms with Gasteiger partial charge in [-0.2, -0.15) is 23.5 Å². The van der Waals surface area contributed by atoms with E-state index >= 15 is 0 Å². The van der Waals surface area contributed by atoms with Crippen LogP contribution in [0, 0.1) is 0 Å². The standard InChI is InChI=1S/C42H74N4O20S2/c1-40(2,3)66-39(52)45-13-25-68-23-9-15-56-17-19-58-21-20-57-18-16-55-14-8-22-67-24-12-44-37(50)63-31(26-46-38(51)65-33-29-61-42(5,62-30-33)35(48)54-7)10-11-43-36(49)64-32-27-59-41(4,60-28-32)34(47)53-6/h31-33H,8-30H2,1-7H3,(H,43,49)(H,44,50)(H,45,52)(H,46,51). The van der Waals surface area contributed by atoms with Gasteiger partial charge in [-0.15, -0.1) is 0 Å². The number of hydrogen-bond donors (Lipinski definition) is 4. The molecule has 68 heavy (non-hydrogen) atoms. The summed E-state index contributed by atoms with van der Waals surface area (Å²) < 4.78 is 74.6. The van der Waals surface area contributed by atoms with E-state index in [9.17, 15) is 28.8 Å². The highest BCUT2D eigenvalue weighted by Gasteiger charge is 2.43. The van der Waals surface area contributed by atoms with Crippen LogP contribution in [0.2, 0.25) is 0 Å². The first-order valence-corrected chi connectivity index (χ1v) is 24.8. The molecule has 0 radical (unpaired) electrons. The number of thioether (sulfide) groups is 2. The van der Waals surface area contributed by atoms with Gasteiger partial charge >= 0.3 is 36.3 Å². The van der Waals surface area contributed by atoms with Crippen LogP contribution in [0.5, 0.6) is 0 Å². The van der Waals surface area contributed by atoms with Crippen molar-refractivity contribution in [1.29, 1.82) is 0 Å². The summed E-state index contributed by atoms with van der Waals surface area (Å²) in [6, 6.07) is 0. The lowest BCUT2D eigenvalue weighted by atomic mass is 10.2. The third-order valence-corrected chi connectivity index (χ3v) is 11.2. The lowest BCUT2D eigenvalue weighted by Gasteiger charge is -2.34. The lowest BCUT2D eigenvalue weighted by molar-refractivity contribution is -0.279. The van der Waals surface area contributed by atoms with Crippen molar-refractivity contribution in [3.63, 3.8) is 0 Å². The van der Waals surface area contributed by atoms with Crippen LogP contribution in [0.15, 0.2) is 0 Å². The van der Waals surface area contributed by atoms with Crippen molar-refractivity contribution >= 4 is 59.8 Å². The largest absolute Gasteiger partial charge is 0.465 e. The molecule has 2 fully saturated rings. The summed E-state index contributed by atoms with van der Waals surface area (Å²) in [5, 5.41) is 10.5. The van der Waals surface area contributed by atoms with Gasteiger partial charge in [-0.1, -0.05) is 0 Å². The molecule has 2 aliphatic rings. The van der Waals surface area contributed by atoms with Crippen molar-refractivity contribution in [3.8, 4) is 0 Å². The van der Waals surface area contributed by atoms with E-state index < -0.39 is 71.8 Å². The first kappa shape index (κ1) is 60.5. The van der Waals surface area contributed by atoms with Gasteiger partial charge in [0, 0.05) is 64.6 Å². The molecule has 0 spiro atoms. The highest BCUT2D eigenvalue weighted by atomic mass is 32.2. The zero-order valence-electron chi connectivity index (χ0n) is 40.5. The first-order valence-electron chi connectivity index (χ1n) is 22.5. The van der Waals surface area contributed by atoms with Gasteiger partial charge in [0.05, 0.1) is 86.8 Å². The number of hydrogen-bond acceptors (Lipinski definition) is 22. The number of ether oxygens (including phenoxy) is 14. The van der Waals surface area contributed by atoms with Crippen LogP contribution >= 0.6 is 23.5 Å². The van der Waals surface area contributed by atoms with E-state index in [-0.39, 0.29) is 45.9 Å². The van der Waals surface area contributed by atoms with Gasteiger partial charge in [0.25, 0.3) is 11.6 Å². The third-order valence-electron chi connectivity index (χ3n) is 9.02. The molecule has 2 rings (SSSR count). The van der Waals surface area contributed by atoms with Crippen LogP contribution in [0.1, 0.15) is 53.9 Å². The van der Waals surface area contributed by atoms with Gasteiger partial charge < -0.3 is 87.6 Å². The zero-order valence-corrected chi connectivity index (χ0v) is 42.1. The van der Waals surface area contributed by atoms with E-state index in [0.717, 1.165) is 30.1 Å². The molecule has 26 heteroatoms. The third kappa shape index (κ3) is 28.2. The molecule has 2 saturated heterocycles. The Morgan fingerprint density at radius 1 is 0.559 bits per heavy atom. The van der Waals surface area contributed by atoms with Crippen LogP contribution in [-0.4, -0.2) is 214 Å². The lowest BCUT2D eigenvalue weighted by Crippen LogP contribution is -2.52. The monoisotopic (exact) mass is 1020 g/mol. The van der Waals surface area contributed by atoms with Crippen molar-refractivity contribution in [2.24, 2.45) is 0 Å². The van der Waals surface area contributed by atoms with Crippen molar-refractivity contribution < 1.29 is 95.1 Å². The summed E-state index contributed by atoms with van der Waals surface area (Å²) in [4.78, 5) is 73.2. The highest BCUT2D eigenvalue weighted by Crippen LogP contribution is 2.22. The summed E-state index contributed by atoms with van der Waals surface area (Å²) in [7, 11) is 2.39. The normalized spacial score (nSPS) is 20.8. The molecule has 4 amide bonds. The Balaban J connectivity index is 1.53. The molecule has 2 heterocycles. The SMILES string of the molecule is COC(=O)C1(C)OCC(OC(=O)NCCC(CNC(=O)OC2COC(C)(C(=O)OC)OC2)OC(=O)NCCSCCCOCCOCCOCCOCCCSCCNC(=O)OC(C)(C)C)CO1. The van der Waals surface area contributed by atoms with Gasteiger partial charge in [0.15, 0.2) is 12.2 Å². The maximum Gasteiger partial charge on any atom is 0.407 e. The molecule has 0 aromatic heterocycles. The molecular formula is C42H74N4O20S2. The highest BCUT2D eigenvalue weighted by molar-refractivity contribution is 7.99. The number of esters is 2. The second kappa shape index (κ2) is 34.7.